The first-order chi connectivity index (χ1) is 7.02. The molecule has 5 heteroatoms. The molecule has 4 N–H and O–H groups in total. The molecule has 15 heavy (non-hydrogen) atoms. The Morgan fingerprint density at radius 2 is 2.20 bits per heavy atom. The summed E-state index contributed by atoms with van der Waals surface area (Å²) >= 11 is 0. The Morgan fingerprint density at radius 3 is 2.60 bits per heavy atom. The van der Waals surface area contributed by atoms with Crippen molar-refractivity contribution in [3.8, 4) is 0 Å². The van der Waals surface area contributed by atoms with E-state index in [0.717, 1.165) is 6.42 Å². The third-order valence-electron chi connectivity index (χ3n) is 1.95. The number of carboxylic acid groups (broad SMARTS) is 1. The maximum atomic E-state index is 11.4. The molecule has 0 aliphatic heterocycles. The second kappa shape index (κ2) is 7.00. The molecule has 0 aliphatic rings. The van der Waals surface area contributed by atoms with Gasteiger partial charge >= 0.3 is 5.97 Å². The topological polar surface area (TPSA) is 92.4 Å². The van der Waals surface area contributed by atoms with Crippen LogP contribution in [0, 0.1) is 0 Å². The fourth-order valence-corrected chi connectivity index (χ4v) is 1.11. The van der Waals surface area contributed by atoms with Gasteiger partial charge in [0, 0.05) is 0 Å². The van der Waals surface area contributed by atoms with Crippen molar-refractivity contribution in [2.75, 3.05) is 0 Å². The molecule has 0 radical (unpaired) electrons. The van der Waals surface area contributed by atoms with Crippen LogP contribution in [0.1, 0.15) is 26.2 Å². The summed E-state index contributed by atoms with van der Waals surface area (Å²) in [4.78, 5) is 22.1. The number of rotatable bonds is 7. The van der Waals surface area contributed by atoms with Crippen molar-refractivity contribution in [2.24, 2.45) is 5.73 Å². The summed E-state index contributed by atoms with van der Waals surface area (Å²) in [5, 5.41) is 11.1. The van der Waals surface area contributed by atoms with Crippen LogP contribution in [0.25, 0.3) is 0 Å². The van der Waals surface area contributed by atoms with E-state index < -0.39 is 24.0 Å². The average Bonchev–Trinajstić information content (AvgIpc) is 2.17. The van der Waals surface area contributed by atoms with Crippen LogP contribution in [0.3, 0.4) is 0 Å². The van der Waals surface area contributed by atoms with Gasteiger partial charge in [0.25, 0.3) is 0 Å². The lowest BCUT2D eigenvalue weighted by atomic mass is 10.1. The number of nitrogens with two attached hydrogens (primary N) is 1. The van der Waals surface area contributed by atoms with E-state index in [1.807, 2.05) is 6.92 Å². The van der Waals surface area contributed by atoms with Gasteiger partial charge in [-0.3, -0.25) is 4.79 Å². The van der Waals surface area contributed by atoms with Crippen molar-refractivity contribution < 1.29 is 14.7 Å². The molecule has 0 fully saturated rings. The molecular weight excluding hydrogens is 196 g/mol. The van der Waals surface area contributed by atoms with Gasteiger partial charge in [0.2, 0.25) is 5.91 Å². The van der Waals surface area contributed by atoms with Crippen molar-refractivity contribution in [1.29, 1.82) is 0 Å². The first-order valence-corrected chi connectivity index (χ1v) is 4.92. The van der Waals surface area contributed by atoms with E-state index >= 15 is 0 Å². The molecule has 0 heterocycles. The smallest absolute Gasteiger partial charge is 0.326 e. The molecule has 0 saturated heterocycles. The zero-order valence-electron chi connectivity index (χ0n) is 8.90. The summed E-state index contributed by atoms with van der Waals surface area (Å²) in [5.41, 5.74) is 5.54. The Bertz CT molecular complexity index is 241. The van der Waals surface area contributed by atoms with Gasteiger partial charge in [0.1, 0.15) is 6.04 Å². The maximum Gasteiger partial charge on any atom is 0.326 e. The molecule has 86 valence electrons. The number of carbonyl (C=O) groups is 2. The molecule has 2 atom stereocenters. The number of carbonyl (C=O) groups excluding carboxylic acids is 1. The van der Waals surface area contributed by atoms with Gasteiger partial charge in [-0.1, -0.05) is 19.4 Å². The highest BCUT2D eigenvalue weighted by molar-refractivity contribution is 5.86. The van der Waals surface area contributed by atoms with Crippen molar-refractivity contribution in [2.45, 2.75) is 38.3 Å². The minimum Gasteiger partial charge on any atom is -0.480 e. The van der Waals surface area contributed by atoms with Crippen LogP contribution in [-0.4, -0.2) is 29.1 Å². The highest BCUT2D eigenvalue weighted by atomic mass is 16.4. The molecule has 0 aliphatic carbocycles. The highest BCUT2D eigenvalue weighted by Gasteiger charge is 2.21. The van der Waals surface area contributed by atoms with Gasteiger partial charge in [-0.15, -0.1) is 6.58 Å². The van der Waals surface area contributed by atoms with E-state index in [4.69, 9.17) is 10.8 Å². The monoisotopic (exact) mass is 214 g/mol. The molecule has 0 bridgehead atoms. The fourth-order valence-electron chi connectivity index (χ4n) is 1.11. The van der Waals surface area contributed by atoms with Crippen molar-refractivity contribution >= 4 is 11.9 Å². The Balaban J connectivity index is 4.21. The first-order valence-electron chi connectivity index (χ1n) is 4.92. The lowest BCUT2D eigenvalue weighted by molar-refractivity contribution is -0.141. The Morgan fingerprint density at radius 1 is 1.60 bits per heavy atom. The van der Waals surface area contributed by atoms with Crippen LogP contribution >= 0.6 is 0 Å². The quantitative estimate of drug-likeness (QED) is 0.530. The highest BCUT2D eigenvalue weighted by Crippen LogP contribution is 1.97. The largest absolute Gasteiger partial charge is 0.480 e. The number of nitrogens with one attached hydrogen (secondary N) is 1. The van der Waals surface area contributed by atoms with E-state index in [9.17, 15) is 9.59 Å². The lowest BCUT2D eigenvalue weighted by Crippen LogP contribution is -2.48. The van der Waals surface area contributed by atoms with E-state index in [-0.39, 0.29) is 6.42 Å². The normalized spacial score (nSPS) is 14.0. The third kappa shape index (κ3) is 5.17. The molecule has 0 aromatic heterocycles. The zero-order valence-corrected chi connectivity index (χ0v) is 8.90. The Hall–Kier alpha value is -1.36. The molecule has 0 saturated carbocycles. The van der Waals surface area contributed by atoms with Gasteiger partial charge in [-0.2, -0.15) is 0 Å². The molecule has 0 aromatic rings. The number of carboxylic acids is 1. The predicted molar refractivity (Wildman–Crippen MR) is 57.3 cm³/mol. The summed E-state index contributed by atoms with van der Waals surface area (Å²) in [6.07, 6.45) is 2.98. The SMILES string of the molecule is C=CCC(NC(=O)[C@@H](N)CCC)C(=O)O. The van der Waals surface area contributed by atoms with Gasteiger partial charge in [0.15, 0.2) is 0 Å². The molecule has 5 nitrogen and oxygen atoms in total. The van der Waals surface area contributed by atoms with Crippen LogP contribution in [-0.2, 0) is 9.59 Å². The number of hydrogen-bond acceptors (Lipinski definition) is 3. The lowest BCUT2D eigenvalue weighted by Gasteiger charge is -2.16. The first kappa shape index (κ1) is 13.6. The van der Waals surface area contributed by atoms with E-state index in [0.29, 0.717) is 6.42 Å². The van der Waals surface area contributed by atoms with E-state index in [1.54, 1.807) is 0 Å². The maximum absolute atomic E-state index is 11.4. The van der Waals surface area contributed by atoms with Crippen LogP contribution in [0.5, 0.6) is 0 Å². The molecule has 0 spiro atoms. The van der Waals surface area contributed by atoms with Crippen LogP contribution in [0.15, 0.2) is 12.7 Å². The van der Waals surface area contributed by atoms with Crippen molar-refractivity contribution in [1.82, 2.24) is 5.32 Å². The number of aliphatic carboxylic acids is 1. The van der Waals surface area contributed by atoms with Gasteiger partial charge < -0.3 is 16.2 Å². The average molecular weight is 214 g/mol. The Labute approximate surface area is 89.3 Å². The van der Waals surface area contributed by atoms with Crippen molar-refractivity contribution in [3.05, 3.63) is 12.7 Å². The van der Waals surface area contributed by atoms with Crippen LogP contribution in [0.4, 0.5) is 0 Å². The van der Waals surface area contributed by atoms with Crippen LogP contribution in [0.2, 0.25) is 0 Å². The Kier molecular flexibility index (Phi) is 6.37. The van der Waals surface area contributed by atoms with E-state index in [2.05, 4.69) is 11.9 Å². The number of amides is 1. The summed E-state index contributed by atoms with van der Waals surface area (Å²) in [6, 6.07) is -1.57. The van der Waals surface area contributed by atoms with Gasteiger partial charge in [0.05, 0.1) is 6.04 Å². The number of hydrogen-bond donors (Lipinski definition) is 3. The molecule has 0 aromatic carbocycles. The standard InChI is InChI=1S/C10H18N2O3/c1-3-5-7(11)9(13)12-8(6-4-2)10(14)15/h4,7-8H,2-3,5-6,11H2,1H3,(H,12,13)(H,14,15)/t7-,8?/m0/s1. The summed E-state index contributed by atoms with van der Waals surface area (Å²) < 4.78 is 0. The molecule has 1 unspecified atom stereocenters. The van der Waals surface area contributed by atoms with Crippen LogP contribution < -0.4 is 11.1 Å². The summed E-state index contributed by atoms with van der Waals surface area (Å²) in [5.74, 6) is -1.50. The molecular formula is C10H18N2O3. The molecule has 0 rings (SSSR count). The van der Waals surface area contributed by atoms with Crippen molar-refractivity contribution in [3.63, 3.8) is 0 Å². The summed E-state index contributed by atoms with van der Waals surface area (Å²) in [6.45, 7) is 5.33. The fraction of sp³-hybridized carbons (Fsp3) is 0.600. The van der Waals surface area contributed by atoms with Gasteiger partial charge in [-0.05, 0) is 12.8 Å². The van der Waals surface area contributed by atoms with E-state index in [1.165, 1.54) is 6.08 Å². The predicted octanol–water partition coefficient (Wildman–Crippen LogP) is 0.259. The second-order valence-corrected chi connectivity index (χ2v) is 3.32. The summed E-state index contributed by atoms with van der Waals surface area (Å²) in [7, 11) is 0. The minimum absolute atomic E-state index is 0.194. The second-order valence-electron chi connectivity index (χ2n) is 3.32. The third-order valence-corrected chi connectivity index (χ3v) is 1.95. The van der Waals surface area contributed by atoms with Gasteiger partial charge in [-0.25, -0.2) is 4.79 Å². The molecule has 1 amide bonds. The minimum atomic E-state index is -1.08. The zero-order chi connectivity index (χ0) is 11.8.